The first-order chi connectivity index (χ1) is 8.11. The molecule has 5 heteroatoms. The Morgan fingerprint density at radius 3 is 2.71 bits per heavy atom. The third kappa shape index (κ3) is 5.19. The van der Waals surface area contributed by atoms with Gasteiger partial charge in [0.25, 0.3) is 0 Å². The number of aryl methyl sites for hydroxylation is 1. The second-order valence-corrected chi connectivity index (χ2v) is 3.69. The molecule has 0 unspecified atom stereocenters. The second-order valence-electron chi connectivity index (χ2n) is 3.69. The van der Waals surface area contributed by atoms with Crippen molar-refractivity contribution in [3.8, 4) is 0 Å². The van der Waals surface area contributed by atoms with Crippen molar-refractivity contribution in [1.29, 1.82) is 0 Å². The molecule has 17 heavy (non-hydrogen) atoms. The molecule has 0 radical (unpaired) electrons. The van der Waals surface area contributed by atoms with Crippen LogP contribution < -0.4 is 5.32 Å². The molecular formula is C12H17NO4. The van der Waals surface area contributed by atoms with Crippen molar-refractivity contribution < 1.29 is 18.7 Å². The van der Waals surface area contributed by atoms with E-state index in [2.05, 4.69) is 10.1 Å². The van der Waals surface area contributed by atoms with Gasteiger partial charge in [-0.05, 0) is 19.1 Å². The Bertz CT molecular complexity index is 384. The number of hydrogen-bond acceptors (Lipinski definition) is 4. The Hall–Kier alpha value is -1.78. The first-order valence-corrected chi connectivity index (χ1v) is 5.50. The van der Waals surface area contributed by atoms with Crippen LogP contribution >= 0.6 is 0 Å². The van der Waals surface area contributed by atoms with E-state index in [1.807, 2.05) is 19.1 Å². The minimum absolute atomic E-state index is 0.113. The highest BCUT2D eigenvalue weighted by Crippen LogP contribution is 2.06. The van der Waals surface area contributed by atoms with Crippen molar-refractivity contribution in [2.75, 3.05) is 13.7 Å². The van der Waals surface area contributed by atoms with E-state index in [9.17, 15) is 9.59 Å². The standard InChI is InChI=1S/C12H17NO4/c1-9-3-4-10(17-9)7-8-13-11(14)5-6-12(15)16-2/h3-4H,5-8H2,1-2H3,(H,13,14). The van der Waals surface area contributed by atoms with Gasteiger partial charge in [0.05, 0.1) is 13.5 Å². The predicted molar refractivity (Wildman–Crippen MR) is 61.4 cm³/mol. The summed E-state index contributed by atoms with van der Waals surface area (Å²) in [5, 5.41) is 2.71. The van der Waals surface area contributed by atoms with Crippen LogP contribution in [0.3, 0.4) is 0 Å². The highest BCUT2D eigenvalue weighted by atomic mass is 16.5. The normalized spacial score (nSPS) is 10.0. The summed E-state index contributed by atoms with van der Waals surface area (Å²) in [6, 6.07) is 3.77. The summed E-state index contributed by atoms with van der Waals surface area (Å²) in [4.78, 5) is 22.1. The molecule has 1 heterocycles. The smallest absolute Gasteiger partial charge is 0.306 e. The fourth-order valence-corrected chi connectivity index (χ4v) is 1.35. The maximum Gasteiger partial charge on any atom is 0.306 e. The van der Waals surface area contributed by atoms with Gasteiger partial charge in [-0.15, -0.1) is 0 Å². The third-order valence-electron chi connectivity index (χ3n) is 2.27. The largest absolute Gasteiger partial charge is 0.469 e. The van der Waals surface area contributed by atoms with Gasteiger partial charge in [-0.2, -0.15) is 0 Å². The number of rotatable bonds is 6. The molecule has 5 nitrogen and oxygen atoms in total. The molecule has 1 amide bonds. The van der Waals surface area contributed by atoms with Gasteiger partial charge in [-0.25, -0.2) is 0 Å². The minimum Gasteiger partial charge on any atom is -0.469 e. The van der Waals surface area contributed by atoms with Crippen LogP contribution in [0.2, 0.25) is 0 Å². The molecule has 0 saturated carbocycles. The lowest BCUT2D eigenvalue weighted by molar-refractivity contribution is -0.142. The van der Waals surface area contributed by atoms with Crippen LogP contribution in [0.1, 0.15) is 24.4 Å². The molecule has 0 aliphatic rings. The second kappa shape index (κ2) is 6.73. The lowest BCUT2D eigenvalue weighted by Gasteiger charge is -2.03. The first-order valence-electron chi connectivity index (χ1n) is 5.50. The molecule has 0 aliphatic heterocycles. The highest BCUT2D eigenvalue weighted by molar-refractivity contribution is 5.81. The summed E-state index contributed by atoms with van der Waals surface area (Å²) in [7, 11) is 1.31. The van der Waals surface area contributed by atoms with Gasteiger partial charge in [0.15, 0.2) is 0 Å². The van der Waals surface area contributed by atoms with Gasteiger partial charge in [-0.3, -0.25) is 9.59 Å². The molecule has 0 bridgehead atoms. The van der Waals surface area contributed by atoms with Crippen LogP contribution in [0.15, 0.2) is 16.5 Å². The zero-order valence-electron chi connectivity index (χ0n) is 10.1. The molecule has 0 spiro atoms. The van der Waals surface area contributed by atoms with Crippen LogP contribution in [-0.2, 0) is 20.7 Å². The Morgan fingerprint density at radius 2 is 2.12 bits per heavy atom. The van der Waals surface area contributed by atoms with E-state index < -0.39 is 0 Å². The molecule has 0 fully saturated rings. The maximum absolute atomic E-state index is 11.3. The van der Waals surface area contributed by atoms with E-state index in [-0.39, 0.29) is 24.7 Å². The fraction of sp³-hybridized carbons (Fsp3) is 0.500. The number of amides is 1. The summed E-state index contributed by atoms with van der Waals surface area (Å²) in [6.07, 6.45) is 0.920. The number of methoxy groups -OCH3 is 1. The first kappa shape index (κ1) is 13.3. The van der Waals surface area contributed by atoms with E-state index in [1.165, 1.54) is 7.11 Å². The summed E-state index contributed by atoms with van der Waals surface area (Å²) >= 11 is 0. The number of furan rings is 1. The third-order valence-corrected chi connectivity index (χ3v) is 2.27. The average Bonchev–Trinajstić information content (AvgIpc) is 2.72. The molecular weight excluding hydrogens is 222 g/mol. The van der Waals surface area contributed by atoms with Crippen LogP contribution in [-0.4, -0.2) is 25.5 Å². The zero-order valence-corrected chi connectivity index (χ0v) is 10.1. The maximum atomic E-state index is 11.3. The lowest BCUT2D eigenvalue weighted by Crippen LogP contribution is -2.26. The zero-order chi connectivity index (χ0) is 12.7. The van der Waals surface area contributed by atoms with Crippen LogP contribution in [0.5, 0.6) is 0 Å². The molecule has 94 valence electrons. The average molecular weight is 239 g/mol. The minimum atomic E-state index is -0.373. The Kier molecular flexibility index (Phi) is 5.26. The summed E-state index contributed by atoms with van der Waals surface area (Å²) in [6.45, 7) is 2.38. The molecule has 0 aromatic carbocycles. The molecule has 1 aromatic rings. The summed E-state index contributed by atoms with van der Waals surface area (Å²) < 4.78 is 9.80. The molecule has 1 rings (SSSR count). The van der Waals surface area contributed by atoms with Gasteiger partial charge in [-0.1, -0.05) is 0 Å². The van der Waals surface area contributed by atoms with Crippen molar-refractivity contribution in [3.63, 3.8) is 0 Å². The topological polar surface area (TPSA) is 68.5 Å². The highest BCUT2D eigenvalue weighted by Gasteiger charge is 2.06. The van der Waals surface area contributed by atoms with Crippen molar-refractivity contribution in [1.82, 2.24) is 5.32 Å². The lowest BCUT2D eigenvalue weighted by atomic mass is 10.3. The number of esters is 1. The molecule has 0 saturated heterocycles. The summed E-state index contributed by atoms with van der Waals surface area (Å²) in [5.74, 6) is 1.17. The molecule has 1 N–H and O–H groups in total. The van der Waals surface area contributed by atoms with E-state index in [4.69, 9.17) is 4.42 Å². The van der Waals surface area contributed by atoms with E-state index in [1.54, 1.807) is 0 Å². The quantitative estimate of drug-likeness (QED) is 0.757. The van der Waals surface area contributed by atoms with Crippen molar-refractivity contribution in [3.05, 3.63) is 23.7 Å². The van der Waals surface area contributed by atoms with Gasteiger partial charge in [0.1, 0.15) is 11.5 Å². The van der Waals surface area contributed by atoms with Gasteiger partial charge in [0, 0.05) is 19.4 Å². The molecule has 0 atom stereocenters. The monoisotopic (exact) mass is 239 g/mol. The molecule has 0 aliphatic carbocycles. The number of carbonyl (C=O) groups excluding carboxylic acids is 2. The van der Waals surface area contributed by atoms with E-state index in [0.29, 0.717) is 13.0 Å². The van der Waals surface area contributed by atoms with Crippen LogP contribution in [0.25, 0.3) is 0 Å². The van der Waals surface area contributed by atoms with Crippen molar-refractivity contribution >= 4 is 11.9 Å². The molecule has 1 aromatic heterocycles. The number of ether oxygens (including phenoxy) is 1. The van der Waals surface area contributed by atoms with Crippen molar-refractivity contribution in [2.45, 2.75) is 26.2 Å². The Morgan fingerprint density at radius 1 is 1.35 bits per heavy atom. The fourth-order valence-electron chi connectivity index (χ4n) is 1.35. The van der Waals surface area contributed by atoms with Crippen molar-refractivity contribution in [2.24, 2.45) is 0 Å². The SMILES string of the molecule is COC(=O)CCC(=O)NCCc1ccc(C)o1. The Labute approximate surface area is 100 Å². The van der Waals surface area contributed by atoms with Crippen LogP contribution in [0.4, 0.5) is 0 Å². The number of hydrogen-bond donors (Lipinski definition) is 1. The number of nitrogens with one attached hydrogen (secondary N) is 1. The van der Waals surface area contributed by atoms with Crippen LogP contribution in [0, 0.1) is 6.92 Å². The predicted octanol–water partition coefficient (Wildman–Crippen LogP) is 1.20. The number of carbonyl (C=O) groups is 2. The van der Waals surface area contributed by atoms with Gasteiger partial charge >= 0.3 is 5.97 Å². The van der Waals surface area contributed by atoms with Gasteiger partial charge < -0.3 is 14.5 Å². The van der Waals surface area contributed by atoms with Gasteiger partial charge in [0.2, 0.25) is 5.91 Å². The Balaban J connectivity index is 2.14. The summed E-state index contributed by atoms with van der Waals surface area (Å²) in [5.41, 5.74) is 0. The van der Waals surface area contributed by atoms with E-state index >= 15 is 0 Å². The van der Waals surface area contributed by atoms with E-state index in [0.717, 1.165) is 11.5 Å².